The molecule has 29 heavy (non-hydrogen) atoms. The van der Waals surface area contributed by atoms with E-state index in [-0.39, 0.29) is 11.8 Å². The van der Waals surface area contributed by atoms with Crippen LogP contribution < -0.4 is 15.4 Å². The van der Waals surface area contributed by atoms with E-state index in [4.69, 9.17) is 0 Å². The molecule has 3 aromatic rings. The van der Waals surface area contributed by atoms with Crippen LogP contribution in [-0.4, -0.2) is 43.6 Å². The highest BCUT2D eigenvalue weighted by atomic mass is 32.2. The number of hydrogen-bond donors (Lipinski definition) is 5. The van der Waals surface area contributed by atoms with E-state index in [1.807, 2.05) is 0 Å². The van der Waals surface area contributed by atoms with Gasteiger partial charge in [0, 0.05) is 34.9 Å². The smallest absolute Gasteiger partial charge is 0.251 e. The molecular weight excluding hydrogens is 394 g/mol. The fourth-order valence-corrected chi connectivity index (χ4v) is 3.86. The van der Waals surface area contributed by atoms with Crippen LogP contribution in [-0.2, 0) is 16.6 Å². The van der Waals surface area contributed by atoms with E-state index in [1.54, 1.807) is 43.4 Å². The zero-order valence-electron chi connectivity index (χ0n) is 15.7. The first kappa shape index (κ1) is 18.8. The molecule has 0 unspecified atom stereocenters. The number of sulfonamides is 1. The van der Waals surface area contributed by atoms with Crippen LogP contribution in [0.2, 0.25) is 0 Å². The van der Waals surface area contributed by atoms with Gasteiger partial charge in [-0.25, -0.2) is 8.42 Å². The molecule has 0 saturated carbocycles. The second-order valence-corrected chi connectivity index (χ2v) is 8.47. The molecule has 9 nitrogen and oxygen atoms in total. The van der Waals surface area contributed by atoms with Crippen molar-refractivity contribution < 1.29 is 18.3 Å². The number of amides is 1. The van der Waals surface area contributed by atoms with Crippen LogP contribution >= 0.6 is 0 Å². The molecule has 1 aliphatic heterocycles. The lowest BCUT2D eigenvalue weighted by atomic mass is 10.1. The number of nitrogens with zero attached hydrogens (tertiary/aromatic N) is 1. The highest BCUT2D eigenvalue weighted by Crippen LogP contribution is 2.32. The third kappa shape index (κ3) is 3.61. The Bertz CT molecular complexity index is 1280. The maximum Gasteiger partial charge on any atom is 0.251 e. The van der Waals surface area contributed by atoms with Crippen molar-refractivity contribution in [1.29, 1.82) is 0 Å². The quantitative estimate of drug-likeness (QED) is 0.446. The van der Waals surface area contributed by atoms with Crippen LogP contribution in [0, 0.1) is 0 Å². The number of aromatic amines is 1. The molecule has 150 valence electrons. The number of aromatic hydroxyl groups is 1. The first-order chi connectivity index (χ1) is 13.7. The van der Waals surface area contributed by atoms with Gasteiger partial charge in [-0.2, -0.15) is 0 Å². The lowest BCUT2D eigenvalue weighted by Crippen LogP contribution is -2.19. The summed E-state index contributed by atoms with van der Waals surface area (Å²) < 4.78 is 25.3. The summed E-state index contributed by atoms with van der Waals surface area (Å²) in [5, 5.41) is 16.9. The monoisotopic (exact) mass is 413 g/mol. The summed E-state index contributed by atoms with van der Waals surface area (Å²) in [6.45, 7) is 0.319. The van der Waals surface area contributed by atoms with E-state index < -0.39 is 10.0 Å². The molecule has 2 aromatic carbocycles. The van der Waals surface area contributed by atoms with Crippen molar-refractivity contribution in [2.45, 2.75) is 6.54 Å². The molecule has 0 spiro atoms. The van der Waals surface area contributed by atoms with Crippen LogP contribution in [0.3, 0.4) is 0 Å². The van der Waals surface area contributed by atoms with Gasteiger partial charge < -0.3 is 20.7 Å². The van der Waals surface area contributed by atoms with Crippen molar-refractivity contribution >= 4 is 44.0 Å². The maximum absolute atomic E-state index is 11.8. The number of anilines is 2. The Balaban J connectivity index is 1.68. The Morgan fingerprint density at radius 3 is 2.72 bits per heavy atom. The number of aliphatic imine (C=N–C) groups is 1. The number of benzene rings is 2. The third-order valence-corrected chi connectivity index (χ3v) is 5.18. The van der Waals surface area contributed by atoms with Gasteiger partial charge in [0.1, 0.15) is 5.84 Å². The predicted octanol–water partition coefficient (Wildman–Crippen LogP) is 1.98. The highest BCUT2D eigenvalue weighted by Gasteiger charge is 2.21. The fraction of sp³-hybridized carbons (Fsp3) is 0.158. The van der Waals surface area contributed by atoms with Gasteiger partial charge >= 0.3 is 0 Å². The minimum atomic E-state index is -3.36. The number of hydrogen-bond acceptors (Lipinski definition) is 6. The molecule has 1 amide bonds. The highest BCUT2D eigenvalue weighted by molar-refractivity contribution is 7.92. The zero-order valence-corrected chi connectivity index (χ0v) is 16.5. The molecule has 10 heteroatoms. The number of carbonyl (C=O) groups excluding carboxylic acids is 1. The maximum atomic E-state index is 11.8. The Hall–Kier alpha value is -3.53. The minimum Gasteiger partial charge on any atom is -0.494 e. The second kappa shape index (κ2) is 6.82. The molecule has 1 aliphatic rings. The van der Waals surface area contributed by atoms with Gasteiger partial charge in [-0.15, -0.1) is 0 Å². The van der Waals surface area contributed by atoms with Gasteiger partial charge in [0.15, 0.2) is 0 Å². The van der Waals surface area contributed by atoms with Gasteiger partial charge in [-0.3, -0.25) is 14.5 Å². The van der Waals surface area contributed by atoms with E-state index in [1.165, 1.54) is 0 Å². The van der Waals surface area contributed by atoms with Crippen molar-refractivity contribution in [2.24, 2.45) is 4.99 Å². The standard InChI is InChI=1S/C19H19N5O4S/c1-20-18(25)10-3-5-13-15(8-10)23-19(26)16(13)17-21-9-11-7-12(24-29(2,27)28)4-6-14(11)22-17/h3-8,23-24,26H,9H2,1-2H3,(H,20,25)(H,21,22). The summed E-state index contributed by atoms with van der Waals surface area (Å²) in [4.78, 5) is 19.2. The van der Waals surface area contributed by atoms with Crippen LogP contribution in [0.25, 0.3) is 10.9 Å². The van der Waals surface area contributed by atoms with E-state index in [0.29, 0.717) is 34.7 Å². The first-order valence-electron chi connectivity index (χ1n) is 8.74. The zero-order chi connectivity index (χ0) is 20.8. The van der Waals surface area contributed by atoms with Crippen LogP contribution in [0.15, 0.2) is 41.4 Å². The van der Waals surface area contributed by atoms with E-state index >= 15 is 0 Å². The average Bonchev–Trinajstić information content (AvgIpc) is 3.00. The number of amidine groups is 1. The van der Waals surface area contributed by atoms with Crippen molar-refractivity contribution in [3.8, 4) is 5.88 Å². The first-order valence-corrected chi connectivity index (χ1v) is 10.6. The second-order valence-electron chi connectivity index (χ2n) is 6.72. The lowest BCUT2D eigenvalue weighted by molar-refractivity contribution is 0.0963. The largest absolute Gasteiger partial charge is 0.494 e. The molecule has 0 aliphatic carbocycles. The van der Waals surface area contributed by atoms with Crippen LogP contribution in [0.1, 0.15) is 21.5 Å². The third-order valence-electron chi connectivity index (χ3n) is 4.57. The van der Waals surface area contributed by atoms with Crippen molar-refractivity contribution in [3.63, 3.8) is 0 Å². The molecule has 4 rings (SSSR count). The lowest BCUT2D eigenvalue weighted by Gasteiger charge is -2.19. The average molecular weight is 413 g/mol. The van der Waals surface area contributed by atoms with Gasteiger partial charge in [0.2, 0.25) is 15.9 Å². The van der Waals surface area contributed by atoms with Gasteiger partial charge in [-0.1, -0.05) is 6.07 Å². The number of carbonyl (C=O) groups is 1. The van der Waals surface area contributed by atoms with Crippen molar-refractivity contribution in [2.75, 3.05) is 23.3 Å². The molecule has 0 saturated heterocycles. The summed E-state index contributed by atoms with van der Waals surface area (Å²) in [7, 11) is -1.81. The SMILES string of the molecule is CNC(=O)c1ccc2c(C3=NCc4cc(NS(C)(=O)=O)ccc4N3)c(O)[nH]c2c1. The number of H-pyrrole nitrogens is 1. The molecule has 0 fully saturated rings. The topological polar surface area (TPSA) is 136 Å². The van der Waals surface area contributed by atoms with E-state index in [9.17, 15) is 18.3 Å². The minimum absolute atomic E-state index is 0.0564. The summed E-state index contributed by atoms with van der Waals surface area (Å²) in [6, 6.07) is 10.2. The Morgan fingerprint density at radius 1 is 1.21 bits per heavy atom. The molecular formula is C19H19N5O4S. The van der Waals surface area contributed by atoms with E-state index in [2.05, 4.69) is 25.3 Å². The molecule has 0 bridgehead atoms. The molecule has 0 atom stereocenters. The number of fused-ring (bicyclic) bond motifs is 2. The molecule has 1 aromatic heterocycles. The Kier molecular flexibility index (Phi) is 4.42. The van der Waals surface area contributed by atoms with Crippen LogP contribution in [0.4, 0.5) is 11.4 Å². The number of aromatic nitrogens is 1. The van der Waals surface area contributed by atoms with Crippen molar-refractivity contribution in [3.05, 3.63) is 53.1 Å². The summed E-state index contributed by atoms with van der Waals surface area (Å²) in [6.07, 6.45) is 1.09. The van der Waals surface area contributed by atoms with Gasteiger partial charge in [-0.05, 0) is 35.9 Å². The summed E-state index contributed by atoms with van der Waals surface area (Å²) in [5.74, 6) is 0.208. The van der Waals surface area contributed by atoms with Crippen molar-refractivity contribution in [1.82, 2.24) is 10.3 Å². The van der Waals surface area contributed by atoms with Gasteiger partial charge in [0.05, 0.1) is 18.4 Å². The normalized spacial score (nSPS) is 13.4. The molecule has 5 N–H and O–H groups in total. The van der Waals surface area contributed by atoms with Crippen LogP contribution in [0.5, 0.6) is 5.88 Å². The van der Waals surface area contributed by atoms with Gasteiger partial charge in [0.25, 0.3) is 5.91 Å². The fourth-order valence-electron chi connectivity index (χ4n) is 3.31. The summed E-state index contributed by atoms with van der Waals surface area (Å²) in [5.41, 5.74) is 3.65. The molecule has 2 heterocycles. The Morgan fingerprint density at radius 2 is 2.00 bits per heavy atom. The number of nitrogens with one attached hydrogen (secondary N) is 4. The summed E-state index contributed by atoms with van der Waals surface area (Å²) >= 11 is 0. The predicted molar refractivity (Wildman–Crippen MR) is 112 cm³/mol. The van der Waals surface area contributed by atoms with E-state index in [0.717, 1.165) is 22.9 Å². The number of rotatable bonds is 4. The molecule has 0 radical (unpaired) electrons. The Labute approximate surface area is 166 Å².